The van der Waals surface area contributed by atoms with E-state index >= 15 is 0 Å². The van der Waals surface area contributed by atoms with Crippen molar-refractivity contribution in [1.29, 1.82) is 0 Å². The van der Waals surface area contributed by atoms with Crippen molar-refractivity contribution in [2.24, 2.45) is 4.99 Å². The lowest BCUT2D eigenvalue weighted by Crippen LogP contribution is -2.23. The highest BCUT2D eigenvalue weighted by Crippen LogP contribution is 2.37. The Bertz CT molecular complexity index is 1050. The number of aromatic nitrogens is 1. The van der Waals surface area contributed by atoms with Crippen molar-refractivity contribution in [3.8, 4) is 11.5 Å². The average Bonchev–Trinajstić information content (AvgIpc) is 3.34. The van der Waals surface area contributed by atoms with Crippen molar-refractivity contribution in [3.63, 3.8) is 0 Å². The van der Waals surface area contributed by atoms with E-state index in [9.17, 15) is 9.59 Å². The summed E-state index contributed by atoms with van der Waals surface area (Å²) < 4.78 is 18.4. The van der Waals surface area contributed by atoms with E-state index in [-0.39, 0.29) is 25.9 Å². The van der Waals surface area contributed by atoms with Gasteiger partial charge in [-0.05, 0) is 18.4 Å². The first-order valence-electron chi connectivity index (χ1n) is 7.87. The fourth-order valence-corrected chi connectivity index (χ4v) is 4.22. The molecule has 9 heteroatoms. The normalized spacial score (nSPS) is 13.3. The first-order chi connectivity index (χ1) is 12.7. The fourth-order valence-electron chi connectivity index (χ4n) is 2.58. The van der Waals surface area contributed by atoms with Crippen LogP contribution < -0.4 is 14.3 Å². The number of thiazole rings is 1. The molecule has 0 unspecified atom stereocenters. The molecular formula is C17H14N2O5S2. The number of carbonyl (C=O) groups excluding carboxylic acids is 2. The van der Waals surface area contributed by atoms with Crippen LogP contribution in [-0.4, -0.2) is 29.8 Å². The van der Waals surface area contributed by atoms with Gasteiger partial charge in [-0.2, -0.15) is 4.99 Å². The topological polar surface area (TPSA) is 79.1 Å². The minimum Gasteiger partial charge on any atom is -0.465 e. The Labute approximate surface area is 156 Å². The molecule has 1 aliphatic heterocycles. The molecule has 0 spiro atoms. The van der Waals surface area contributed by atoms with Gasteiger partial charge in [0, 0.05) is 12.1 Å². The second-order valence-corrected chi connectivity index (χ2v) is 7.30. The standard InChI is InChI=1S/C17H14N2O5S2/c1-2-22-15(20)8-19-10-6-11-12(24-9-23-11)7-14(10)26-17(19)18-16(21)13-4-3-5-25-13/h3-7H,2,8-9H2,1H3. The molecule has 0 radical (unpaired) electrons. The van der Waals surface area contributed by atoms with Crippen LogP contribution in [0.2, 0.25) is 0 Å². The molecule has 7 nitrogen and oxygen atoms in total. The molecule has 0 atom stereocenters. The number of thiophene rings is 1. The van der Waals surface area contributed by atoms with Gasteiger partial charge < -0.3 is 18.8 Å². The second kappa shape index (κ2) is 6.93. The van der Waals surface area contributed by atoms with Crippen LogP contribution in [0.15, 0.2) is 34.6 Å². The number of hydrogen-bond donors (Lipinski definition) is 0. The SMILES string of the molecule is CCOC(=O)Cn1c(=NC(=O)c2cccs2)sc2cc3c(cc21)OCO3. The van der Waals surface area contributed by atoms with Gasteiger partial charge in [0.2, 0.25) is 6.79 Å². The summed E-state index contributed by atoms with van der Waals surface area (Å²) in [5.74, 6) is 0.501. The molecule has 0 fully saturated rings. The highest BCUT2D eigenvalue weighted by molar-refractivity contribution is 7.16. The minimum atomic E-state index is -0.394. The smallest absolute Gasteiger partial charge is 0.326 e. The summed E-state index contributed by atoms with van der Waals surface area (Å²) in [6.45, 7) is 2.16. The maximum Gasteiger partial charge on any atom is 0.326 e. The monoisotopic (exact) mass is 390 g/mol. The number of esters is 1. The van der Waals surface area contributed by atoms with E-state index in [1.165, 1.54) is 22.7 Å². The zero-order chi connectivity index (χ0) is 18.1. The number of amides is 1. The summed E-state index contributed by atoms with van der Waals surface area (Å²) in [6.07, 6.45) is 0. The zero-order valence-corrected chi connectivity index (χ0v) is 15.4. The molecule has 4 rings (SSSR count). The van der Waals surface area contributed by atoms with Gasteiger partial charge in [0.15, 0.2) is 16.3 Å². The van der Waals surface area contributed by atoms with Gasteiger partial charge in [0.25, 0.3) is 5.91 Å². The molecule has 134 valence electrons. The average molecular weight is 390 g/mol. The summed E-state index contributed by atoms with van der Waals surface area (Å²) in [7, 11) is 0. The van der Waals surface area contributed by atoms with Crippen molar-refractivity contribution in [1.82, 2.24) is 4.57 Å². The van der Waals surface area contributed by atoms with Crippen molar-refractivity contribution < 1.29 is 23.8 Å². The Morgan fingerprint density at radius 3 is 2.85 bits per heavy atom. The number of nitrogens with zero attached hydrogens (tertiary/aromatic N) is 2. The van der Waals surface area contributed by atoms with Crippen molar-refractivity contribution in [2.75, 3.05) is 13.4 Å². The molecule has 0 saturated carbocycles. The van der Waals surface area contributed by atoms with Gasteiger partial charge in [-0.3, -0.25) is 9.59 Å². The molecule has 0 bridgehead atoms. The van der Waals surface area contributed by atoms with Crippen LogP contribution in [0.3, 0.4) is 0 Å². The molecule has 1 aliphatic rings. The van der Waals surface area contributed by atoms with Gasteiger partial charge >= 0.3 is 5.97 Å². The molecule has 26 heavy (non-hydrogen) atoms. The number of hydrogen-bond acceptors (Lipinski definition) is 7. The zero-order valence-electron chi connectivity index (χ0n) is 13.8. The van der Waals surface area contributed by atoms with Crippen LogP contribution in [0.5, 0.6) is 11.5 Å². The number of rotatable bonds is 4. The first-order valence-corrected chi connectivity index (χ1v) is 9.56. The summed E-state index contributed by atoms with van der Waals surface area (Å²) in [4.78, 5) is 29.6. The molecule has 0 saturated heterocycles. The van der Waals surface area contributed by atoms with E-state index in [4.69, 9.17) is 14.2 Å². The van der Waals surface area contributed by atoms with Crippen molar-refractivity contribution in [3.05, 3.63) is 39.3 Å². The molecular weight excluding hydrogens is 376 g/mol. The maximum atomic E-state index is 12.4. The van der Waals surface area contributed by atoms with Crippen LogP contribution in [-0.2, 0) is 16.1 Å². The molecule has 3 heterocycles. The van der Waals surface area contributed by atoms with Crippen LogP contribution in [0.4, 0.5) is 0 Å². The Kier molecular flexibility index (Phi) is 4.48. The van der Waals surface area contributed by atoms with Crippen LogP contribution in [0, 0.1) is 0 Å². The van der Waals surface area contributed by atoms with E-state index < -0.39 is 5.97 Å². The Morgan fingerprint density at radius 1 is 1.31 bits per heavy atom. The van der Waals surface area contributed by atoms with Crippen molar-refractivity contribution in [2.45, 2.75) is 13.5 Å². The van der Waals surface area contributed by atoms with E-state index in [1.54, 1.807) is 29.7 Å². The molecule has 1 aromatic carbocycles. The largest absolute Gasteiger partial charge is 0.465 e. The Morgan fingerprint density at radius 2 is 2.12 bits per heavy atom. The summed E-state index contributed by atoms with van der Waals surface area (Å²) >= 11 is 2.64. The summed E-state index contributed by atoms with van der Waals surface area (Å²) in [5.41, 5.74) is 0.741. The molecule has 0 aliphatic carbocycles. The van der Waals surface area contributed by atoms with Gasteiger partial charge in [-0.15, -0.1) is 11.3 Å². The van der Waals surface area contributed by atoms with Gasteiger partial charge in [-0.1, -0.05) is 17.4 Å². The Hall–Kier alpha value is -2.65. The molecule has 0 N–H and O–H groups in total. The van der Waals surface area contributed by atoms with Crippen LogP contribution in [0.25, 0.3) is 10.2 Å². The molecule has 3 aromatic rings. The van der Waals surface area contributed by atoms with E-state index in [2.05, 4.69) is 4.99 Å². The molecule has 2 aromatic heterocycles. The van der Waals surface area contributed by atoms with Crippen molar-refractivity contribution >= 4 is 44.8 Å². The first kappa shape index (κ1) is 16.8. The summed E-state index contributed by atoms with van der Waals surface area (Å²) in [5, 5.41) is 1.82. The Balaban J connectivity index is 1.85. The van der Waals surface area contributed by atoms with Crippen LogP contribution in [0.1, 0.15) is 16.6 Å². The molecule has 1 amide bonds. The third-order valence-electron chi connectivity index (χ3n) is 3.70. The second-order valence-electron chi connectivity index (χ2n) is 5.34. The minimum absolute atomic E-state index is 0.0377. The van der Waals surface area contributed by atoms with E-state index in [0.29, 0.717) is 21.2 Å². The lowest BCUT2D eigenvalue weighted by molar-refractivity contribution is -0.143. The number of ether oxygens (including phenoxy) is 3. The van der Waals surface area contributed by atoms with Gasteiger partial charge in [0.05, 0.1) is 21.7 Å². The predicted molar refractivity (Wildman–Crippen MR) is 96.8 cm³/mol. The van der Waals surface area contributed by atoms with E-state index in [1.807, 2.05) is 11.4 Å². The third kappa shape index (κ3) is 3.11. The number of benzene rings is 1. The highest BCUT2D eigenvalue weighted by atomic mass is 32.1. The number of carbonyl (C=O) groups is 2. The lowest BCUT2D eigenvalue weighted by Gasteiger charge is -2.05. The van der Waals surface area contributed by atoms with Crippen LogP contribution >= 0.6 is 22.7 Å². The van der Waals surface area contributed by atoms with Gasteiger partial charge in [0.1, 0.15) is 6.54 Å². The fraction of sp³-hybridized carbons (Fsp3) is 0.235. The lowest BCUT2D eigenvalue weighted by atomic mass is 10.3. The number of fused-ring (bicyclic) bond motifs is 2. The van der Waals surface area contributed by atoms with E-state index in [0.717, 1.165) is 10.2 Å². The van der Waals surface area contributed by atoms with Gasteiger partial charge in [-0.25, -0.2) is 0 Å². The predicted octanol–water partition coefficient (Wildman–Crippen LogP) is 2.80. The quantitative estimate of drug-likeness (QED) is 0.640. The third-order valence-corrected chi connectivity index (χ3v) is 5.60. The maximum absolute atomic E-state index is 12.4. The highest BCUT2D eigenvalue weighted by Gasteiger charge is 2.19. The summed E-state index contributed by atoms with van der Waals surface area (Å²) in [6, 6.07) is 7.14.